The molecule has 1 fully saturated rings. The average molecular weight is 282 g/mol. The lowest BCUT2D eigenvalue weighted by molar-refractivity contribution is -0.144. The maximum absolute atomic E-state index is 12.3. The number of carboxylic acid groups (broad SMARTS) is 1. The standard InChI is InChI=1S/C11H17F3N2O3/c1-3-15(6-11(12,13)14)10(19)16-5-4-7(2)8(16)9(17)18/h7-8H,3-6H2,1-2H3,(H,17,18). The number of carbonyl (C=O) groups is 2. The summed E-state index contributed by atoms with van der Waals surface area (Å²) in [6.45, 7) is 1.80. The van der Waals surface area contributed by atoms with Gasteiger partial charge in [0, 0.05) is 13.1 Å². The molecule has 0 aromatic carbocycles. The molecular formula is C11H17F3N2O3. The molecule has 0 aliphatic carbocycles. The number of hydrogen-bond acceptors (Lipinski definition) is 2. The molecule has 1 saturated heterocycles. The molecule has 0 saturated carbocycles. The molecule has 2 atom stereocenters. The molecule has 2 unspecified atom stereocenters. The predicted molar refractivity (Wildman–Crippen MR) is 60.6 cm³/mol. The first kappa shape index (κ1) is 15.6. The van der Waals surface area contributed by atoms with Crippen molar-refractivity contribution < 1.29 is 27.9 Å². The molecule has 0 bridgehead atoms. The van der Waals surface area contributed by atoms with Crippen LogP contribution in [-0.4, -0.2) is 58.8 Å². The summed E-state index contributed by atoms with van der Waals surface area (Å²) in [5.41, 5.74) is 0. The van der Waals surface area contributed by atoms with Gasteiger partial charge in [-0.3, -0.25) is 0 Å². The highest BCUT2D eigenvalue weighted by Gasteiger charge is 2.42. The lowest BCUT2D eigenvalue weighted by Gasteiger charge is -2.30. The second-order valence-electron chi connectivity index (χ2n) is 4.65. The highest BCUT2D eigenvalue weighted by Crippen LogP contribution is 2.26. The maximum atomic E-state index is 12.3. The summed E-state index contributed by atoms with van der Waals surface area (Å²) in [6.07, 6.45) is -4.01. The molecule has 19 heavy (non-hydrogen) atoms. The number of urea groups is 1. The maximum Gasteiger partial charge on any atom is 0.406 e. The smallest absolute Gasteiger partial charge is 0.406 e. The highest BCUT2D eigenvalue weighted by molar-refractivity contribution is 5.83. The Bertz CT molecular complexity index is 360. The van der Waals surface area contributed by atoms with Gasteiger partial charge in [0.05, 0.1) is 0 Å². The summed E-state index contributed by atoms with van der Waals surface area (Å²) in [7, 11) is 0. The number of halogens is 3. The fourth-order valence-electron chi connectivity index (χ4n) is 2.25. The number of carboxylic acids is 1. The fourth-order valence-corrected chi connectivity index (χ4v) is 2.25. The third-order valence-electron chi connectivity index (χ3n) is 3.22. The Morgan fingerprint density at radius 1 is 1.42 bits per heavy atom. The van der Waals surface area contributed by atoms with Crippen molar-refractivity contribution in [3.05, 3.63) is 0 Å². The van der Waals surface area contributed by atoms with E-state index >= 15 is 0 Å². The van der Waals surface area contributed by atoms with Crippen molar-refractivity contribution in [1.29, 1.82) is 0 Å². The Morgan fingerprint density at radius 3 is 2.42 bits per heavy atom. The van der Waals surface area contributed by atoms with Crippen LogP contribution in [0.2, 0.25) is 0 Å². The van der Waals surface area contributed by atoms with Crippen LogP contribution in [0.5, 0.6) is 0 Å². The zero-order valence-corrected chi connectivity index (χ0v) is 10.8. The summed E-state index contributed by atoms with van der Waals surface area (Å²) in [6, 6.07) is -1.91. The van der Waals surface area contributed by atoms with Crippen molar-refractivity contribution in [1.82, 2.24) is 9.80 Å². The van der Waals surface area contributed by atoms with E-state index in [1.807, 2.05) is 0 Å². The first-order chi connectivity index (χ1) is 8.67. The molecule has 1 aliphatic heterocycles. The van der Waals surface area contributed by atoms with Gasteiger partial charge in [0.25, 0.3) is 0 Å². The number of hydrogen-bond donors (Lipinski definition) is 1. The van der Waals surface area contributed by atoms with Gasteiger partial charge >= 0.3 is 18.2 Å². The van der Waals surface area contributed by atoms with Gasteiger partial charge in [-0.05, 0) is 19.3 Å². The lowest BCUT2D eigenvalue weighted by Crippen LogP contribution is -2.51. The van der Waals surface area contributed by atoms with E-state index in [1.165, 1.54) is 6.92 Å². The molecule has 0 radical (unpaired) electrons. The van der Waals surface area contributed by atoms with Crippen molar-refractivity contribution in [2.45, 2.75) is 32.5 Å². The topological polar surface area (TPSA) is 60.9 Å². The number of alkyl halides is 3. The molecule has 110 valence electrons. The van der Waals surface area contributed by atoms with Crippen LogP contribution in [0.3, 0.4) is 0 Å². The molecule has 5 nitrogen and oxygen atoms in total. The number of aliphatic carboxylic acids is 1. The Hall–Kier alpha value is -1.47. The summed E-state index contributed by atoms with van der Waals surface area (Å²) in [5, 5.41) is 9.06. The van der Waals surface area contributed by atoms with E-state index in [4.69, 9.17) is 5.11 Å². The van der Waals surface area contributed by atoms with E-state index in [1.54, 1.807) is 6.92 Å². The first-order valence-electron chi connectivity index (χ1n) is 6.02. The molecule has 0 aromatic rings. The number of carbonyl (C=O) groups excluding carboxylic acids is 1. The minimum absolute atomic E-state index is 0.116. The molecule has 1 rings (SSSR count). The number of nitrogens with zero attached hydrogens (tertiary/aromatic N) is 2. The third kappa shape index (κ3) is 3.74. The summed E-state index contributed by atoms with van der Waals surface area (Å²) >= 11 is 0. The zero-order chi connectivity index (χ0) is 14.8. The third-order valence-corrected chi connectivity index (χ3v) is 3.22. The van der Waals surface area contributed by atoms with E-state index < -0.39 is 30.8 Å². The molecule has 1 N–H and O–H groups in total. The SMILES string of the molecule is CCN(CC(F)(F)F)C(=O)N1CCC(C)C1C(=O)O. The van der Waals surface area contributed by atoms with Gasteiger partial charge in [-0.25, -0.2) is 9.59 Å². The summed E-state index contributed by atoms with van der Waals surface area (Å²) in [4.78, 5) is 24.7. The Labute approximate surface area is 109 Å². The quantitative estimate of drug-likeness (QED) is 0.858. The lowest BCUT2D eigenvalue weighted by atomic mass is 10.0. The first-order valence-corrected chi connectivity index (χ1v) is 6.02. The van der Waals surface area contributed by atoms with Gasteiger partial charge in [0.15, 0.2) is 0 Å². The average Bonchev–Trinajstić information content (AvgIpc) is 2.65. The van der Waals surface area contributed by atoms with Crippen LogP contribution in [0.25, 0.3) is 0 Å². The van der Waals surface area contributed by atoms with E-state index in [0.29, 0.717) is 11.3 Å². The zero-order valence-electron chi connectivity index (χ0n) is 10.8. The molecular weight excluding hydrogens is 265 g/mol. The van der Waals surface area contributed by atoms with Gasteiger partial charge in [-0.1, -0.05) is 6.92 Å². The second-order valence-corrected chi connectivity index (χ2v) is 4.65. The fraction of sp³-hybridized carbons (Fsp3) is 0.818. The Kier molecular flexibility index (Phi) is 4.65. The van der Waals surface area contributed by atoms with E-state index in [-0.39, 0.29) is 19.0 Å². The molecule has 0 spiro atoms. The van der Waals surface area contributed by atoms with Crippen LogP contribution in [0, 0.1) is 5.92 Å². The van der Waals surface area contributed by atoms with Crippen molar-refractivity contribution in [2.24, 2.45) is 5.92 Å². The molecule has 1 heterocycles. The minimum atomic E-state index is -4.49. The van der Waals surface area contributed by atoms with Gasteiger partial charge < -0.3 is 14.9 Å². The van der Waals surface area contributed by atoms with Crippen molar-refractivity contribution >= 4 is 12.0 Å². The summed E-state index contributed by atoms with van der Waals surface area (Å²) < 4.78 is 37.0. The van der Waals surface area contributed by atoms with Gasteiger partial charge in [0.2, 0.25) is 0 Å². The normalized spacial score (nSPS) is 23.5. The monoisotopic (exact) mass is 282 g/mol. The number of rotatable bonds is 3. The highest BCUT2D eigenvalue weighted by atomic mass is 19.4. The van der Waals surface area contributed by atoms with Crippen molar-refractivity contribution in [2.75, 3.05) is 19.6 Å². The number of amides is 2. The van der Waals surface area contributed by atoms with Crippen molar-refractivity contribution in [3.63, 3.8) is 0 Å². The van der Waals surface area contributed by atoms with E-state index in [0.717, 1.165) is 4.90 Å². The molecule has 8 heteroatoms. The Balaban J connectivity index is 2.83. The van der Waals surface area contributed by atoms with Crippen LogP contribution in [0.15, 0.2) is 0 Å². The second kappa shape index (κ2) is 5.66. The predicted octanol–water partition coefficient (Wildman–Crippen LogP) is 1.79. The van der Waals surface area contributed by atoms with Gasteiger partial charge in [-0.2, -0.15) is 13.2 Å². The molecule has 1 aliphatic rings. The van der Waals surface area contributed by atoms with Crippen molar-refractivity contribution in [3.8, 4) is 0 Å². The van der Waals surface area contributed by atoms with Crippen LogP contribution >= 0.6 is 0 Å². The summed E-state index contributed by atoms with van der Waals surface area (Å²) in [5.74, 6) is -1.44. The van der Waals surface area contributed by atoms with Gasteiger partial charge in [0.1, 0.15) is 12.6 Å². The minimum Gasteiger partial charge on any atom is -0.480 e. The van der Waals surface area contributed by atoms with Crippen LogP contribution in [-0.2, 0) is 4.79 Å². The van der Waals surface area contributed by atoms with Crippen LogP contribution < -0.4 is 0 Å². The van der Waals surface area contributed by atoms with E-state index in [9.17, 15) is 22.8 Å². The van der Waals surface area contributed by atoms with Crippen LogP contribution in [0.1, 0.15) is 20.3 Å². The molecule has 2 amide bonds. The van der Waals surface area contributed by atoms with E-state index in [2.05, 4.69) is 0 Å². The van der Waals surface area contributed by atoms with Gasteiger partial charge in [-0.15, -0.1) is 0 Å². The number of likely N-dealkylation sites (tertiary alicyclic amines) is 1. The Morgan fingerprint density at radius 2 is 2.00 bits per heavy atom. The largest absolute Gasteiger partial charge is 0.480 e. The van der Waals surface area contributed by atoms with Crippen LogP contribution in [0.4, 0.5) is 18.0 Å². The molecule has 0 aromatic heterocycles.